The predicted molar refractivity (Wildman–Crippen MR) is 99.0 cm³/mol. The number of sulfone groups is 1. The molecule has 1 unspecified atom stereocenters. The molecule has 7 nitrogen and oxygen atoms in total. The third-order valence-corrected chi connectivity index (χ3v) is 6.21. The van der Waals surface area contributed by atoms with Crippen LogP contribution < -0.4 is 5.32 Å². The molecule has 1 aliphatic rings. The SMILES string of the molecule is CCN(C(=O)c1ccc(C(=O)NCCCOC)cc1)C1CCS(=O)(=O)C1. The number of carbonyl (C=O) groups excluding carboxylic acids is 2. The fourth-order valence-electron chi connectivity index (χ4n) is 3.04. The molecule has 1 heterocycles. The highest BCUT2D eigenvalue weighted by atomic mass is 32.2. The van der Waals surface area contributed by atoms with E-state index in [0.717, 1.165) is 6.42 Å². The Morgan fingerprint density at radius 1 is 1.23 bits per heavy atom. The van der Waals surface area contributed by atoms with Crippen LogP contribution in [0.1, 0.15) is 40.5 Å². The van der Waals surface area contributed by atoms with Gasteiger partial charge in [-0.3, -0.25) is 9.59 Å². The Morgan fingerprint density at radius 2 is 1.88 bits per heavy atom. The Balaban J connectivity index is 2.00. The lowest BCUT2D eigenvalue weighted by atomic mass is 10.1. The average Bonchev–Trinajstić information content (AvgIpc) is 2.98. The molecular weight excluding hydrogens is 356 g/mol. The van der Waals surface area contributed by atoms with Crippen molar-refractivity contribution in [3.8, 4) is 0 Å². The van der Waals surface area contributed by atoms with E-state index >= 15 is 0 Å². The molecule has 144 valence electrons. The molecule has 1 atom stereocenters. The largest absolute Gasteiger partial charge is 0.385 e. The maximum atomic E-state index is 12.7. The van der Waals surface area contributed by atoms with Crippen molar-refractivity contribution in [2.75, 3.05) is 38.3 Å². The molecule has 0 bridgehead atoms. The Kier molecular flexibility index (Phi) is 7.16. The lowest BCUT2D eigenvalue weighted by molar-refractivity contribution is 0.0708. The van der Waals surface area contributed by atoms with Gasteiger partial charge in [0.25, 0.3) is 11.8 Å². The Hall–Kier alpha value is -1.93. The van der Waals surface area contributed by atoms with Gasteiger partial charge < -0.3 is 15.0 Å². The van der Waals surface area contributed by atoms with Gasteiger partial charge in [-0.05, 0) is 44.0 Å². The maximum Gasteiger partial charge on any atom is 0.254 e. The zero-order valence-electron chi connectivity index (χ0n) is 15.2. The number of rotatable bonds is 8. The van der Waals surface area contributed by atoms with E-state index in [-0.39, 0.29) is 29.4 Å². The van der Waals surface area contributed by atoms with Crippen LogP contribution in [0.2, 0.25) is 0 Å². The summed E-state index contributed by atoms with van der Waals surface area (Å²) in [5, 5.41) is 2.79. The third kappa shape index (κ3) is 5.28. The van der Waals surface area contributed by atoms with Gasteiger partial charge in [0.15, 0.2) is 9.84 Å². The third-order valence-electron chi connectivity index (χ3n) is 4.46. The normalized spacial score (nSPS) is 18.5. The van der Waals surface area contributed by atoms with Crippen molar-refractivity contribution >= 4 is 21.7 Å². The minimum atomic E-state index is -3.05. The van der Waals surface area contributed by atoms with Crippen LogP contribution >= 0.6 is 0 Å². The number of benzene rings is 1. The second-order valence-corrected chi connectivity index (χ2v) is 8.56. The summed E-state index contributed by atoms with van der Waals surface area (Å²) in [6.45, 7) is 3.38. The zero-order valence-corrected chi connectivity index (χ0v) is 16.0. The number of ether oxygens (including phenoxy) is 1. The quantitative estimate of drug-likeness (QED) is 0.680. The Morgan fingerprint density at radius 3 is 2.42 bits per heavy atom. The van der Waals surface area contributed by atoms with Crippen molar-refractivity contribution < 1.29 is 22.7 Å². The van der Waals surface area contributed by atoms with E-state index in [1.807, 2.05) is 6.92 Å². The van der Waals surface area contributed by atoms with Crippen molar-refractivity contribution in [2.24, 2.45) is 0 Å². The standard InChI is InChI=1S/C18H26N2O5S/c1-3-20(16-9-12-26(23,24)13-16)18(22)15-7-5-14(6-8-15)17(21)19-10-4-11-25-2/h5-8,16H,3-4,9-13H2,1-2H3,(H,19,21). The number of nitrogens with zero attached hydrogens (tertiary/aromatic N) is 1. The molecule has 0 radical (unpaired) electrons. The molecule has 1 aromatic carbocycles. The second kappa shape index (κ2) is 9.14. The summed E-state index contributed by atoms with van der Waals surface area (Å²) in [6, 6.07) is 6.16. The second-order valence-electron chi connectivity index (χ2n) is 6.33. The molecule has 1 saturated heterocycles. The Bertz CT molecular complexity index is 730. The van der Waals surface area contributed by atoms with Crippen molar-refractivity contribution in [2.45, 2.75) is 25.8 Å². The van der Waals surface area contributed by atoms with E-state index < -0.39 is 9.84 Å². The molecule has 1 fully saturated rings. The molecule has 0 aliphatic carbocycles. The van der Waals surface area contributed by atoms with Crippen molar-refractivity contribution in [1.29, 1.82) is 0 Å². The highest BCUT2D eigenvalue weighted by molar-refractivity contribution is 7.91. The summed E-state index contributed by atoms with van der Waals surface area (Å²) >= 11 is 0. The summed E-state index contributed by atoms with van der Waals surface area (Å²) in [6.07, 6.45) is 1.21. The number of methoxy groups -OCH3 is 1. The first-order valence-corrected chi connectivity index (χ1v) is 10.6. The molecule has 2 amide bonds. The van der Waals surface area contributed by atoms with Crippen LogP contribution in [0.5, 0.6) is 0 Å². The highest BCUT2D eigenvalue weighted by Crippen LogP contribution is 2.20. The van der Waals surface area contributed by atoms with Crippen LogP contribution in [0.3, 0.4) is 0 Å². The summed E-state index contributed by atoms with van der Waals surface area (Å²) in [5.41, 5.74) is 0.928. The lowest BCUT2D eigenvalue weighted by Crippen LogP contribution is -2.41. The maximum absolute atomic E-state index is 12.7. The fourth-order valence-corrected chi connectivity index (χ4v) is 4.77. The van der Waals surface area contributed by atoms with Gasteiger partial charge in [0.05, 0.1) is 11.5 Å². The van der Waals surface area contributed by atoms with Gasteiger partial charge in [-0.25, -0.2) is 8.42 Å². The first-order valence-electron chi connectivity index (χ1n) is 8.76. The van der Waals surface area contributed by atoms with Crippen molar-refractivity contribution in [3.63, 3.8) is 0 Å². The van der Waals surface area contributed by atoms with Gasteiger partial charge in [0.2, 0.25) is 0 Å². The van der Waals surface area contributed by atoms with Crippen molar-refractivity contribution in [1.82, 2.24) is 10.2 Å². The molecule has 0 aromatic heterocycles. The van der Waals surface area contributed by atoms with Crippen LogP contribution in [0, 0.1) is 0 Å². The van der Waals surface area contributed by atoms with E-state index in [1.165, 1.54) is 0 Å². The lowest BCUT2D eigenvalue weighted by Gasteiger charge is -2.27. The molecule has 0 spiro atoms. The van der Waals surface area contributed by atoms with Gasteiger partial charge >= 0.3 is 0 Å². The number of carbonyl (C=O) groups is 2. The van der Waals surface area contributed by atoms with Gasteiger partial charge in [-0.1, -0.05) is 0 Å². The van der Waals surface area contributed by atoms with E-state index in [2.05, 4.69) is 5.32 Å². The first-order chi connectivity index (χ1) is 12.4. The number of hydrogen-bond donors (Lipinski definition) is 1. The average molecular weight is 382 g/mol. The van der Waals surface area contributed by atoms with Gasteiger partial charge in [-0.15, -0.1) is 0 Å². The molecule has 0 saturated carbocycles. The van der Waals surface area contributed by atoms with E-state index in [1.54, 1.807) is 36.3 Å². The fraction of sp³-hybridized carbons (Fsp3) is 0.556. The molecule has 2 rings (SSSR count). The van der Waals surface area contributed by atoms with E-state index in [4.69, 9.17) is 4.74 Å². The predicted octanol–water partition coefficient (Wildman–Crippen LogP) is 1.10. The Labute approximate surface area is 154 Å². The van der Waals surface area contributed by atoms with Gasteiger partial charge in [0, 0.05) is 44.0 Å². The van der Waals surface area contributed by atoms with Crippen LogP contribution in [0.25, 0.3) is 0 Å². The minimum absolute atomic E-state index is 0.0224. The monoisotopic (exact) mass is 382 g/mol. The first kappa shape index (κ1) is 20.4. The molecule has 26 heavy (non-hydrogen) atoms. The summed E-state index contributed by atoms with van der Waals surface area (Å²) < 4.78 is 28.3. The zero-order chi connectivity index (χ0) is 19.2. The number of nitrogens with one attached hydrogen (secondary N) is 1. The molecule has 1 aliphatic heterocycles. The van der Waals surface area contributed by atoms with Gasteiger partial charge in [-0.2, -0.15) is 0 Å². The van der Waals surface area contributed by atoms with E-state index in [9.17, 15) is 18.0 Å². The smallest absolute Gasteiger partial charge is 0.254 e. The van der Waals surface area contributed by atoms with Crippen LogP contribution in [0.15, 0.2) is 24.3 Å². The minimum Gasteiger partial charge on any atom is -0.385 e. The highest BCUT2D eigenvalue weighted by Gasteiger charge is 2.34. The number of amides is 2. The van der Waals surface area contributed by atoms with E-state index in [0.29, 0.717) is 37.2 Å². The van der Waals surface area contributed by atoms with Crippen LogP contribution in [0.4, 0.5) is 0 Å². The summed E-state index contributed by atoms with van der Waals surface area (Å²) in [7, 11) is -1.44. The molecule has 8 heteroatoms. The topological polar surface area (TPSA) is 92.8 Å². The number of hydrogen-bond acceptors (Lipinski definition) is 5. The molecule has 1 N–H and O–H groups in total. The van der Waals surface area contributed by atoms with Crippen LogP contribution in [-0.4, -0.2) is 69.5 Å². The molecular formula is C18H26N2O5S. The summed E-state index contributed by atoms with van der Waals surface area (Å²) in [4.78, 5) is 26.4. The van der Waals surface area contributed by atoms with Crippen molar-refractivity contribution in [3.05, 3.63) is 35.4 Å². The van der Waals surface area contributed by atoms with Gasteiger partial charge in [0.1, 0.15) is 0 Å². The molecule has 1 aromatic rings. The van der Waals surface area contributed by atoms with Crippen LogP contribution in [-0.2, 0) is 14.6 Å². The summed E-state index contributed by atoms with van der Waals surface area (Å²) in [5.74, 6) is -0.256.